The van der Waals surface area contributed by atoms with Crippen LogP contribution in [0, 0.1) is 12.3 Å². The Kier molecular flexibility index (Phi) is 4.21. The molecule has 1 fully saturated rings. The number of nitrogens with zero attached hydrogens (tertiary/aromatic N) is 2. The van der Waals surface area contributed by atoms with E-state index in [0.717, 1.165) is 6.07 Å². The van der Waals surface area contributed by atoms with E-state index in [1.165, 1.54) is 13.0 Å². The molecular weight excluding hydrogens is 295 g/mol. The first-order chi connectivity index (χ1) is 10.0. The largest absolute Gasteiger partial charge is 0.433 e. The molecule has 1 atom stereocenters. The summed E-state index contributed by atoms with van der Waals surface area (Å²) in [7, 11) is 0. The van der Waals surface area contributed by atoms with Crippen molar-refractivity contribution in [2.24, 2.45) is 11.1 Å². The van der Waals surface area contributed by atoms with Crippen molar-refractivity contribution in [2.45, 2.75) is 39.4 Å². The van der Waals surface area contributed by atoms with E-state index >= 15 is 0 Å². The first kappa shape index (κ1) is 16.7. The summed E-state index contributed by atoms with van der Waals surface area (Å²) >= 11 is 0. The molecule has 2 rings (SSSR count). The quantitative estimate of drug-likeness (QED) is 0.866. The highest BCUT2D eigenvalue weighted by molar-refractivity contribution is 5.95. The molecule has 1 aliphatic rings. The molecule has 1 saturated heterocycles. The topological polar surface area (TPSA) is 59.2 Å². The Morgan fingerprint density at radius 2 is 2.05 bits per heavy atom. The van der Waals surface area contributed by atoms with Crippen LogP contribution in [0.5, 0.6) is 0 Å². The van der Waals surface area contributed by atoms with Crippen LogP contribution in [0.2, 0.25) is 0 Å². The molecule has 2 N–H and O–H groups in total. The summed E-state index contributed by atoms with van der Waals surface area (Å²) in [6.45, 7) is 6.37. The lowest BCUT2D eigenvalue weighted by molar-refractivity contribution is -0.141. The average Bonchev–Trinajstić information content (AvgIpc) is 2.40. The van der Waals surface area contributed by atoms with Gasteiger partial charge in [0.1, 0.15) is 5.69 Å². The van der Waals surface area contributed by atoms with Crippen molar-refractivity contribution < 1.29 is 18.0 Å². The van der Waals surface area contributed by atoms with Crippen LogP contribution in [0.3, 0.4) is 0 Å². The second-order valence-electron chi connectivity index (χ2n) is 6.44. The minimum absolute atomic E-state index is 0.00313. The van der Waals surface area contributed by atoms with Crippen molar-refractivity contribution in [2.75, 3.05) is 13.1 Å². The summed E-state index contributed by atoms with van der Waals surface area (Å²) < 4.78 is 37.9. The highest BCUT2D eigenvalue weighted by atomic mass is 19.4. The smallest absolute Gasteiger partial charge is 0.338 e. The van der Waals surface area contributed by atoms with Crippen LogP contribution in [0.4, 0.5) is 13.2 Å². The van der Waals surface area contributed by atoms with Crippen molar-refractivity contribution in [3.63, 3.8) is 0 Å². The van der Waals surface area contributed by atoms with Crippen molar-refractivity contribution in [1.29, 1.82) is 0 Å². The van der Waals surface area contributed by atoms with Gasteiger partial charge < -0.3 is 10.6 Å². The standard InChI is InChI=1S/C15H20F3N3O/c1-9-10(4-5-12(20-9)15(16,17)18)13(22)21-7-6-11(19)14(2,3)8-21/h4-5,11H,6-8,19H2,1-3H3. The summed E-state index contributed by atoms with van der Waals surface area (Å²) in [5, 5.41) is 0. The van der Waals surface area contributed by atoms with E-state index < -0.39 is 11.9 Å². The van der Waals surface area contributed by atoms with Crippen LogP contribution in [-0.2, 0) is 6.18 Å². The lowest BCUT2D eigenvalue weighted by Gasteiger charge is -2.42. The Morgan fingerprint density at radius 3 is 2.55 bits per heavy atom. The molecule has 0 aromatic carbocycles. The number of rotatable bonds is 1. The van der Waals surface area contributed by atoms with Gasteiger partial charge in [-0.2, -0.15) is 13.2 Å². The van der Waals surface area contributed by atoms with Crippen LogP contribution >= 0.6 is 0 Å². The van der Waals surface area contributed by atoms with E-state index in [1.807, 2.05) is 13.8 Å². The Balaban J connectivity index is 2.24. The van der Waals surface area contributed by atoms with Gasteiger partial charge >= 0.3 is 6.18 Å². The molecule has 0 radical (unpaired) electrons. The van der Waals surface area contributed by atoms with Gasteiger partial charge in [0.25, 0.3) is 5.91 Å². The Labute approximate surface area is 127 Å². The maximum atomic E-state index is 12.6. The van der Waals surface area contributed by atoms with E-state index in [1.54, 1.807) is 4.90 Å². The molecule has 122 valence electrons. The monoisotopic (exact) mass is 315 g/mol. The molecule has 22 heavy (non-hydrogen) atoms. The van der Waals surface area contributed by atoms with Gasteiger partial charge in [-0.25, -0.2) is 4.98 Å². The molecule has 0 aliphatic carbocycles. The predicted octanol–water partition coefficient (Wildman–Crippen LogP) is 2.61. The molecule has 1 aliphatic heterocycles. The second-order valence-corrected chi connectivity index (χ2v) is 6.44. The van der Waals surface area contributed by atoms with Crippen molar-refractivity contribution in [3.05, 3.63) is 29.1 Å². The van der Waals surface area contributed by atoms with Gasteiger partial charge in [-0.05, 0) is 30.9 Å². The normalized spacial score (nSPS) is 21.8. The number of likely N-dealkylation sites (tertiary alicyclic amines) is 1. The number of aromatic nitrogens is 1. The number of carbonyl (C=O) groups is 1. The molecule has 1 amide bonds. The van der Waals surface area contributed by atoms with E-state index in [-0.39, 0.29) is 28.6 Å². The first-order valence-corrected chi connectivity index (χ1v) is 7.12. The third-order valence-corrected chi connectivity index (χ3v) is 4.21. The fraction of sp³-hybridized carbons (Fsp3) is 0.600. The predicted molar refractivity (Wildman–Crippen MR) is 76.3 cm³/mol. The minimum Gasteiger partial charge on any atom is -0.338 e. The van der Waals surface area contributed by atoms with Crippen LogP contribution in [0.25, 0.3) is 0 Å². The Morgan fingerprint density at radius 1 is 1.41 bits per heavy atom. The van der Waals surface area contributed by atoms with Gasteiger partial charge in [0.05, 0.1) is 11.3 Å². The fourth-order valence-corrected chi connectivity index (χ4v) is 2.66. The molecule has 1 aromatic rings. The molecule has 1 unspecified atom stereocenters. The number of hydrogen-bond donors (Lipinski definition) is 1. The van der Waals surface area contributed by atoms with E-state index in [2.05, 4.69) is 4.98 Å². The van der Waals surface area contributed by atoms with Gasteiger partial charge in [-0.15, -0.1) is 0 Å². The molecule has 4 nitrogen and oxygen atoms in total. The van der Waals surface area contributed by atoms with Gasteiger partial charge in [0.15, 0.2) is 0 Å². The maximum absolute atomic E-state index is 12.6. The zero-order valence-electron chi connectivity index (χ0n) is 12.9. The molecular formula is C15H20F3N3O. The fourth-order valence-electron chi connectivity index (χ4n) is 2.66. The number of amides is 1. The van der Waals surface area contributed by atoms with Gasteiger partial charge in [-0.3, -0.25) is 4.79 Å². The van der Waals surface area contributed by atoms with Crippen LogP contribution in [0.1, 0.15) is 42.0 Å². The summed E-state index contributed by atoms with van der Waals surface area (Å²) in [4.78, 5) is 17.7. The molecule has 1 aromatic heterocycles. The highest BCUT2D eigenvalue weighted by Gasteiger charge is 2.37. The first-order valence-electron chi connectivity index (χ1n) is 7.12. The number of nitrogens with two attached hydrogens (primary N) is 1. The average molecular weight is 315 g/mol. The Hall–Kier alpha value is -1.63. The molecule has 0 saturated carbocycles. The van der Waals surface area contributed by atoms with Crippen molar-refractivity contribution >= 4 is 5.91 Å². The zero-order valence-corrected chi connectivity index (χ0v) is 12.9. The van der Waals surface area contributed by atoms with Crippen LogP contribution in [0.15, 0.2) is 12.1 Å². The molecule has 7 heteroatoms. The minimum atomic E-state index is -4.51. The number of alkyl halides is 3. The lowest BCUT2D eigenvalue weighted by Crippen LogP contribution is -2.54. The molecule has 2 heterocycles. The number of piperidine rings is 1. The van der Waals surface area contributed by atoms with E-state index in [4.69, 9.17) is 5.73 Å². The van der Waals surface area contributed by atoms with Gasteiger partial charge in [0, 0.05) is 19.1 Å². The third kappa shape index (κ3) is 3.24. The number of aryl methyl sites for hydroxylation is 1. The number of pyridine rings is 1. The lowest BCUT2D eigenvalue weighted by atomic mass is 9.79. The summed E-state index contributed by atoms with van der Waals surface area (Å²) in [5.74, 6) is -0.293. The SMILES string of the molecule is Cc1nc(C(F)(F)F)ccc1C(=O)N1CCC(N)C(C)(C)C1. The number of carbonyl (C=O) groups excluding carboxylic acids is 1. The molecule has 0 bridgehead atoms. The number of halogens is 3. The molecule has 0 spiro atoms. The summed E-state index contributed by atoms with van der Waals surface area (Å²) in [6.07, 6.45) is -3.84. The van der Waals surface area contributed by atoms with Crippen molar-refractivity contribution in [3.8, 4) is 0 Å². The summed E-state index contributed by atoms with van der Waals surface area (Å²) in [5.41, 5.74) is 5.13. The van der Waals surface area contributed by atoms with Crippen molar-refractivity contribution in [1.82, 2.24) is 9.88 Å². The van der Waals surface area contributed by atoms with Crippen LogP contribution < -0.4 is 5.73 Å². The van der Waals surface area contributed by atoms with Crippen LogP contribution in [-0.4, -0.2) is 34.9 Å². The van der Waals surface area contributed by atoms with E-state index in [0.29, 0.717) is 19.5 Å². The zero-order chi connectivity index (χ0) is 16.7. The van der Waals surface area contributed by atoms with Gasteiger partial charge in [-0.1, -0.05) is 13.8 Å². The summed E-state index contributed by atoms with van der Waals surface area (Å²) in [6, 6.07) is 2.05. The Bertz CT molecular complexity index is 584. The van der Waals surface area contributed by atoms with E-state index in [9.17, 15) is 18.0 Å². The van der Waals surface area contributed by atoms with Gasteiger partial charge in [0.2, 0.25) is 0 Å². The second kappa shape index (κ2) is 5.53. The highest BCUT2D eigenvalue weighted by Crippen LogP contribution is 2.30. The number of hydrogen-bond acceptors (Lipinski definition) is 3. The maximum Gasteiger partial charge on any atom is 0.433 e. The third-order valence-electron chi connectivity index (χ3n) is 4.21.